The second-order valence-electron chi connectivity index (χ2n) is 5.27. The van der Waals surface area contributed by atoms with Crippen LogP contribution in [0.5, 0.6) is 5.75 Å². The van der Waals surface area contributed by atoms with Crippen molar-refractivity contribution >= 4 is 16.8 Å². The Morgan fingerprint density at radius 2 is 2.09 bits per heavy atom. The van der Waals surface area contributed by atoms with Crippen molar-refractivity contribution in [2.24, 2.45) is 7.05 Å². The molecule has 0 bridgehead atoms. The number of ether oxygens (including phenoxy) is 1. The van der Waals surface area contributed by atoms with Crippen LogP contribution >= 0.6 is 0 Å². The van der Waals surface area contributed by atoms with Crippen molar-refractivity contribution in [2.75, 3.05) is 7.11 Å². The molecule has 3 aromatic rings. The van der Waals surface area contributed by atoms with Gasteiger partial charge in [0, 0.05) is 30.6 Å². The number of benzene rings is 1. The second-order valence-corrected chi connectivity index (χ2v) is 5.27. The molecule has 0 fully saturated rings. The summed E-state index contributed by atoms with van der Waals surface area (Å²) in [5.74, 6) is 0.878. The number of ketones is 1. The molecule has 1 aromatic carbocycles. The summed E-state index contributed by atoms with van der Waals surface area (Å²) in [5, 5.41) is 5.50. The van der Waals surface area contributed by atoms with Crippen molar-refractivity contribution in [3.63, 3.8) is 0 Å². The number of pyridine rings is 1. The van der Waals surface area contributed by atoms with E-state index < -0.39 is 0 Å². The standard InChI is InChI=1S/C17H17N3O2/c1-11(21)8-12-9-14-16(19-20(2)17(14)18-10-12)13-6-4-5-7-15(13)22-3/h4-7,9-10H,8H2,1-3H3. The minimum absolute atomic E-state index is 0.115. The van der Waals surface area contributed by atoms with E-state index in [1.165, 1.54) is 0 Å². The summed E-state index contributed by atoms with van der Waals surface area (Å²) in [7, 11) is 3.50. The smallest absolute Gasteiger partial charge is 0.158 e. The molecule has 0 N–H and O–H groups in total. The number of Topliss-reactive ketones (excluding diaryl/α,β-unsaturated/α-hetero) is 1. The number of carbonyl (C=O) groups is 1. The van der Waals surface area contributed by atoms with Gasteiger partial charge in [-0.1, -0.05) is 12.1 Å². The minimum atomic E-state index is 0.115. The molecular weight excluding hydrogens is 278 g/mol. The molecule has 0 unspecified atom stereocenters. The minimum Gasteiger partial charge on any atom is -0.496 e. The number of aromatic nitrogens is 3. The molecule has 2 aromatic heterocycles. The van der Waals surface area contributed by atoms with Crippen molar-refractivity contribution in [3.8, 4) is 17.0 Å². The summed E-state index contributed by atoms with van der Waals surface area (Å²) < 4.78 is 7.17. The number of hydrogen-bond donors (Lipinski definition) is 0. The van der Waals surface area contributed by atoms with Crippen LogP contribution in [-0.4, -0.2) is 27.7 Å². The van der Waals surface area contributed by atoms with Gasteiger partial charge in [0.1, 0.15) is 17.2 Å². The van der Waals surface area contributed by atoms with Gasteiger partial charge in [0.05, 0.1) is 7.11 Å². The Morgan fingerprint density at radius 3 is 2.82 bits per heavy atom. The van der Waals surface area contributed by atoms with Crippen LogP contribution in [-0.2, 0) is 18.3 Å². The molecule has 112 valence electrons. The lowest BCUT2D eigenvalue weighted by Crippen LogP contribution is -1.97. The Bertz CT molecular complexity index is 852. The van der Waals surface area contributed by atoms with Crippen molar-refractivity contribution < 1.29 is 9.53 Å². The van der Waals surface area contributed by atoms with Gasteiger partial charge < -0.3 is 4.74 Å². The van der Waals surface area contributed by atoms with E-state index in [9.17, 15) is 4.79 Å². The SMILES string of the molecule is COc1ccccc1-c1nn(C)c2ncc(CC(C)=O)cc12. The lowest BCUT2D eigenvalue weighted by atomic mass is 10.1. The maximum Gasteiger partial charge on any atom is 0.158 e. The summed E-state index contributed by atoms with van der Waals surface area (Å²) >= 11 is 0. The van der Waals surface area contributed by atoms with Gasteiger partial charge >= 0.3 is 0 Å². The normalized spacial score (nSPS) is 10.9. The van der Waals surface area contributed by atoms with E-state index >= 15 is 0 Å². The third kappa shape index (κ3) is 2.45. The molecule has 0 atom stereocenters. The third-order valence-electron chi connectivity index (χ3n) is 3.55. The molecule has 2 heterocycles. The first-order chi connectivity index (χ1) is 10.6. The van der Waals surface area contributed by atoms with Crippen molar-refractivity contribution in [1.82, 2.24) is 14.8 Å². The molecule has 3 rings (SSSR count). The zero-order chi connectivity index (χ0) is 15.7. The van der Waals surface area contributed by atoms with E-state index in [4.69, 9.17) is 4.74 Å². The number of nitrogens with zero attached hydrogens (tertiary/aromatic N) is 3. The van der Waals surface area contributed by atoms with Crippen LogP contribution in [0.4, 0.5) is 0 Å². The van der Waals surface area contributed by atoms with E-state index in [-0.39, 0.29) is 5.78 Å². The molecular formula is C17H17N3O2. The predicted molar refractivity (Wildman–Crippen MR) is 84.9 cm³/mol. The average Bonchev–Trinajstić information content (AvgIpc) is 2.83. The van der Waals surface area contributed by atoms with E-state index in [0.717, 1.165) is 33.6 Å². The number of para-hydroxylation sites is 1. The van der Waals surface area contributed by atoms with Crippen LogP contribution in [0.3, 0.4) is 0 Å². The average molecular weight is 295 g/mol. The van der Waals surface area contributed by atoms with Crippen LogP contribution in [0.1, 0.15) is 12.5 Å². The molecule has 22 heavy (non-hydrogen) atoms. The summed E-state index contributed by atoms with van der Waals surface area (Å²) in [5.41, 5.74) is 3.41. The molecule has 5 heteroatoms. The fraction of sp³-hybridized carbons (Fsp3) is 0.235. The fourth-order valence-electron chi connectivity index (χ4n) is 2.61. The van der Waals surface area contributed by atoms with E-state index in [2.05, 4.69) is 10.1 Å². The van der Waals surface area contributed by atoms with E-state index in [1.807, 2.05) is 37.4 Å². The van der Waals surface area contributed by atoms with Crippen molar-refractivity contribution in [2.45, 2.75) is 13.3 Å². The first-order valence-corrected chi connectivity index (χ1v) is 7.04. The predicted octanol–water partition coefficient (Wildman–Crippen LogP) is 2.78. The second kappa shape index (κ2) is 5.60. The lowest BCUT2D eigenvalue weighted by Gasteiger charge is -2.06. The van der Waals surface area contributed by atoms with Crippen LogP contribution in [0.25, 0.3) is 22.3 Å². The summed E-state index contributed by atoms with van der Waals surface area (Å²) in [6.45, 7) is 1.58. The van der Waals surface area contributed by atoms with Gasteiger partial charge in [-0.05, 0) is 30.7 Å². The van der Waals surface area contributed by atoms with Gasteiger partial charge in [0.15, 0.2) is 5.65 Å². The number of aryl methyl sites for hydroxylation is 1. The number of carbonyl (C=O) groups excluding carboxylic acids is 1. The van der Waals surface area contributed by atoms with Gasteiger partial charge in [-0.15, -0.1) is 0 Å². The lowest BCUT2D eigenvalue weighted by molar-refractivity contribution is -0.116. The third-order valence-corrected chi connectivity index (χ3v) is 3.55. The summed E-state index contributed by atoms with van der Waals surface area (Å²) in [6.07, 6.45) is 2.11. The van der Waals surface area contributed by atoms with Crippen LogP contribution < -0.4 is 4.74 Å². The van der Waals surface area contributed by atoms with Crippen molar-refractivity contribution in [3.05, 3.63) is 42.1 Å². The Kier molecular flexibility index (Phi) is 3.63. The summed E-state index contributed by atoms with van der Waals surface area (Å²) in [6, 6.07) is 9.73. The Labute approximate surface area is 128 Å². The Hall–Kier alpha value is -2.69. The zero-order valence-corrected chi connectivity index (χ0v) is 12.8. The molecule has 0 radical (unpaired) electrons. The molecule has 0 amide bonds. The molecule has 0 saturated heterocycles. The molecule has 0 saturated carbocycles. The molecule has 0 aliphatic rings. The summed E-state index contributed by atoms with van der Waals surface area (Å²) in [4.78, 5) is 15.8. The van der Waals surface area contributed by atoms with Gasteiger partial charge in [-0.2, -0.15) is 5.10 Å². The van der Waals surface area contributed by atoms with E-state index in [1.54, 1.807) is 24.9 Å². The Balaban J connectivity index is 2.22. The number of methoxy groups -OCH3 is 1. The highest BCUT2D eigenvalue weighted by atomic mass is 16.5. The number of hydrogen-bond acceptors (Lipinski definition) is 4. The first-order valence-electron chi connectivity index (χ1n) is 7.04. The van der Waals surface area contributed by atoms with E-state index in [0.29, 0.717) is 6.42 Å². The number of fused-ring (bicyclic) bond motifs is 1. The highest BCUT2D eigenvalue weighted by molar-refractivity contribution is 5.93. The monoisotopic (exact) mass is 295 g/mol. The fourth-order valence-corrected chi connectivity index (χ4v) is 2.61. The van der Waals surface area contributed by atoms with Gasteiger partial charge in [-0.3, -0.25) is 4.79 Å². The van der Waals surface area contributed by atoms with Gasteiger partial charge in [0.25, 0.3) is 0 Å². The Morgan fingerprint density at radius 1 is 1.32 bits per heavy atom. The highest BCUT2D eigenvalue weighted by Gasteiger charge is 2.16. The highest BCUT2D eigenvalue weighted by Crippen LogP contribution is 2.33. The quantitative estimate of drug-likeness (QED) is 0.742. The van der Waals surface area contributed by atoms with Gasteiger partial charge in [-0.25, -0.2) is 9.67 Å². The largest absolute Gasteiger partial charge is 0.496 e. The van der Waals surface area contributed by atoms with Crippen LogP contribution in [0.15, 0.2) is 36.5 Å². The molecule has 5 nitrogen and oxygen atoms in total. The number of rotatable bonds is 4. The molecule has 0 spiro atoms. The maximum absolute atomic E-state index is 11.3. The van der Waals surface area contributed by atoms with Crippen LogP contribution in [0.2, 0.25) is 0 Å². The molecule has 0 aliphatic heterocycles. The maximum atomic E-state index is 11.3. The molecule has 0 aliphatic carbocycles. The van der Waals surface area contributed by atoms with Crippen molar-refractivity contribution in [1.29, 1.82) is 0 Å². The topological polar surface area (TPSA) is 57.0 Å². The zero-order valence-electron chi connectivity index (χ0n) is 12.8. The first kappa shape index (κ1) is 14.3. The van der Waals surface area contributed by atoms with Crippen LogP contribution in [0, 0.1) is 0 Å². The van der Waals surface area contributed by atoms with Gasteiger partial charge in [0.2, 0.25) is 0 Å².